The van der Waals surface area contributed by atoms with Gasteiger partial charge in [0.15, 0.2) is 0 Å². The lowest BCUT2D eigenvalue weighted by molar-refractivity contribution is -0.125. The highest BCUT2D eigenvalue weighted by molar-refractivity contribution is 5.83. The van der Waals surface area contributed by atoms with E-state index in [0.717, 1.165) is 19.4 Å². The summed E-state index contributed by atoms with van der Waals surface area (Å²) in [5.74, 6) is 0.108. The minimum atomic E-state index is -0.129. The van der Waals surface area contributed by atoms with Crippen molar-refractivity contribution in [2.75, 3.05) is 0 Å². The number of hydrogen-bond donors (Lipinski definition) is 2. The van der Waals surface area contributed by atoms with Gasteiger partial charge in [-0.3, -0.25) is 4.79 Å². The van der Waals surface area contributed by atoms with Gasteiger partial charge in [-0.25, -0.2) is 0 Å². The smallest absolute Gasteiger partial charge is 0.237 e. The van der Waals surface area contributed by atoms with Gasteiger partial charge in [0.05, 0.1) is 6.04 Å². The van der Waals surface area contributed by atoms with Crippen LogP contribution in [-0.4, -0.2) is 17.5 Å². The van der Waals surface area contributed by atoms with Crippen molar-refractivity contribution in [3.05, 3.63) is 35.4 Å². The van der Waals surface area contributed by atoms with Gasteiger partial charge in [0, 0.05) is 12.1 Å². The van der Waals surface area contributed by atoms with E-state index in [0.29, 0.717) is 0 Å². The molecular formula is C15H22N2O. The molecule has 2 N–H and O–H groups in total. The Hall–Kier alpha value is -1.35. The summed E-state index contributed by atoms with van der Waals surface area (Å²) >= 11 is 0. The van der Waals surface area contributed by atoms with E-state index in [-0.39, 0.29) is 17.5 Å². The Bertz CT molecular complexity index is 440. The number of fused-ring (bicyclic) bond motifs is 1. The Morgan fingerprint density at radius 2 is 2.06 bits per heavy atom. The summed E-state index contributed by atoms with van der Waals surface area (Å²) in [4.78, 5) is 12.2. The molecule has 2 rings (SSSR count). The van der Waals surface area contributed by atoms with Crippen molar-refractivity contribution in [1.29, 1.82) is 0 Å². The SMILES string of the molecule is CCC(C)(C)NC(=O)C1Cc2ccccc2CN1. The zero-order valence-electron chi connectivity index (χ0n) is 11.4. The van der Waals surface area contributed by atoms with Crippen LogP contribution < -0.4 is 10.6 Å². The molecule has 0 aromatic heterocycles. The maximum Gasteiger partial charge on any atom is 0.237 e. The Labute approximate surface area is 109 Å². The number of nitrogens with one attached hydrogen (secondary N) is 2. The fraction of sp³-hybridized carbons (Fsp3) is 0.533. The molecule has 0 spiro atoms. The Kier molecular flexibility index (Phi) is 3.71. The predicted molar refractivity (Wildman–Crippen MR) is 73.3 cm³/mol. The van der Waals surface area contributed by atoms with Crippen molar-refractivity contribution in [3.8, 4) is 0 Å². The van der Waals surface area contributed by atoms with Crippen LogP contribution >= 0.6 is 0 Å². The van der Waals surface area contributed by atoms with Crippen LogP contribution in [0.5, 0.6) is 0 Å². The summed E-state index contributed by atoms with van der Waals surface area (Å²) in [7, 11) is 0. The third kappa shape index (κ3) is 2.91. The molecular weight excluding hydrogens is 224 g/mol. The van der Waals surface area contributed by atoms with Gasteiger partial charge in [-0.15, -0.1) is 0 Å². The highest BCUT2D eigenvalue weighted by atomic mass is 16.2. The summed E-state index contributed by atoms with van der Waals surface area (Å²) in [5, 5.41) is 6.41. The highest BCUT2D eigenvalue weighted by Crippen LogP contribution is 2.17. The monoisotopic (exact) mass is 246 g/mol. The number of rotatable bonds is 3. The molecule has 0 saturated heterocycles. The molecule has 1 aliphatic heterocycles. The molecule has 0 bridgehead atoms. The first-order chi connectivity index (χ1) is 8.52. The molecule has 0 saturated carbocycles. The van der Waals surface area contributed by atoms with Gasteiger partial charge in [0.2, 0.25) is 5.91 Å². The third-order valence-corrected chi connectivity index (χ3v) is 3.74. The van der Waals surface area contributed by atoms with Gasteiger partial charge >= 0.3 is 0 Å². The molecule has 1 heterocycles. The van der Waals surface area contributed by atoms with Crippen LogP contribution in [-0.2, 0) is 17.8 Å². The van der Waals surface area contributed by atoms with Crippen LogP contribution in [0.4, 0.5) is 0 Å². The largest absolute Gasteiger partial charge is 0.350 e. The van der Waals surface area contributed by atoms with Crippen LogP contribution in [0, 0.1) is 0 Å². The summed E-state index contributed by atoms with van der Waals surface area (Å²) in [6.45, 7) is 6.98. The predicted octanol–water partition coefficient (Wildman–Crippen LogP) is 2.01. The molecule has 0 radical (unpaired) electrons. The standard InChI is InChI=1S/C15H22N2O/c1-4-15(2,3)17-14(18)13-9-11-7-5-6-8-12(11)10-16-13/h5-8,13,16H,4,9-10H2,1-3H3,(H,17,18). The fourth-order valence-corrected chi connectivity index (χ4v) is 2.15. The van der Waals surface area contributed by atoms with E-state index in [9.17, 15) is 4.79 Å². The van der Waals surface area contributed by atoms with E-state index >= 15 is 0 Å². The number of carbonyl (C=O) groups is 1. The highest BCUT2D eigenvalue weighted by Gasteiger charge is 2.27. The molecule has 0 fully saturated rings. The van der Waals surface area contributed by atoms with Gasteiger partial charge in [-0.2, -0.15) is 0 Å². The van der Waals surface area contributed by atoms with Crippen molar-refractivity contribution in [2.45, 2.75) is 51.7 Å². The first kappa shape index (κ1) is 13.1. The number of amides is 1. The van der Waals surface area contributed by atoms with E-state index in [4.69, 9.17) is 0 Å². The normalized spacial score (nSPS) is 19.2. The fourth-order valence-electron chi connectivity index (χ4n) is 2.15. The summed E-state index contributed by atoms with van der Waals surface area (Å²) in [6, 6.07) is 8.20. The second-order valence-corrected chi connectivity index (χ2v) is 5.63. The van der Waals surface area contributed by atoms with Crippen LogP contribution in [0.1, 0.15) is 38.3 Å². The maximum absolute atomic E-state index is 12.2. The summed E-state index contributed by atoms with van der Waals surface area (Å²) in [5.41, 5.74) is 2.46. The molecule has 98 valence electrons. The van der Waals surface area contributed by atoms with E-state index in [1.807, 2.05) is 12.1 Å². The van der Waals surface area contributed by atoms with Crippen LogP contribution in [0.2, 0.25) is 0 Å². The van der Waals surface area contributed by atoms with Gasteiger partial charge in [0.25, 0.3) is 0 Å². The number of hydrogen-bond acceptors (Lipinski definition) is 2. The van der Waals surface area contributed by atoms with Crippen molar-refractivity contribution in [1.82, 2.24) is 10.6 Å². The van der Waals surface area contributed by atoms with Gasteiger partial charge < -0.3 is 10.6 Å². The quantitative estimate of drug-likeness (QED) is 0.856. The van der Waals surface area contributed by atoms with E-state index in [1.54, 1.807) is 0 Å². The van der Waals surface area contributed by atoms with E-state index in [1.165, 1.54) is 11.1 Å². The minimum absolute atomic E-state index is 0.106. The minimum Gasteiger partial charge on any atom is -0.350 e. The maximum atomic E-state index is 12.2. The lowest BCUT2D eigenvalue weighted by Gasteiger charge is -2.30. The lowest BCUT2D eigenvalue weighted by Crippen LogP contribution is -2.53. The van der Waals surface area contributed by atoms with Gasteiger partial charge in [0.1, 0.15) is 0 Å². The summed E-state index contributed by atoms with van der Waals surface area (Å²) in [6.07, 6.45) is 1.71. The molecule has 1 aromatic rings. The molecule has 3 heteroatoms. The second-order valence-electron chi connectivity index (χ2n) is 5.63. The Balaban J connectivity index is 2.03. The number of carbonyl (C=O) groups excluding carboxylic acids is 1. The molecule has 1 atom stereocenters. The van der Waals surface area contributed by atoms with Crippen molar-refractivity contribution < 1.29 is 4.79 Å². The van der Waals surface area contributed by atoms with Crippen molar-refractivity contribution >= 4 is 5.91 Å². The van der Waals surface area contributed by atoms with Crippen LogP contribution in [0.3, 0.4) is 0 Å². The molecule has 1 aromatic carbocycles. The third-order valence-electron chi connectivity index (χ3n) is 3.74. The number of benzene rings is 1. The molecule has 1 unspecified atom stereocenters. The molecule has 0 aliphatic carbocycles. The molecule has 3 nitrogen and oxygen atoms in total. The zero-order chi connectivity index (χ0) is 13.2. The topological polar surface area (TPSA) is 41.1 Å². The summed E-state index contributed by atoms with van der Waals surface area (Å²) < 4.78 is 0. The molecule has 18 heavy (non-hydrogen) atoms. The Morgan fingerprint density at radius 1 is 1.39 bits per heavy atom. The first-order valence-electron chi connectivity index (χ1n) is 6.64. The average Bonchev–Trinajstić information content (AvgIpc) is 2.37. The first-order valence-corrected chi connectivity index (χ1v) is 6.64. The van der Waals surface area contributed by atoms with Crippen molar-refractivity contribution in [3.63, 3.8) is 0 Å². The van der Waals surface area contributed by atoms with Gasteiger partial charge in [-0.1, -0.05) is 31.2 Å². The van der Waals surface area contributed by atoms with Crippen LogP contribution in [0.25, 0.3) is 0 Å². The zero-order valence-corrected chi connectivity index (χ0v) is 11.4. The van der Waals surface area contributed by atoms with Crippen molar-refractivity contribution in [2.24, 2.45) is 0 Å². The van der Waals surface area contributed by atoms with E-state index < -0.39 is 0 Å². The average molecular weight is 246 g/mol. The molecule has 1 amide bonds. The molecule has 1 aliphatic rings. The van der Waals surface area contributed by atoms with Crippen LogP contribution in [0.15, 0.2) is 24.3 Å². The van der Waals surface area contributed by atoms with Gasteiger partial charge in [-0.05, 0) is 37.8 Å². The lowest BCUT2D eigenvalue weighted by atomic mass is 9.94. The van der Waals surface area contributed by atoms with E-state index in [2.05, 4.69) is 43.5 Å². The Morgan fingerprint density at radius 3 is 2.72 bits per heavy atom. The second kappa shape index (κ2) is 5.11.